The number of halogens is 1. The van der Waals surface area contributed by atoms with Crippen LogP contribution in [0.2, 0.25) is 5.02 Å². The molecular formula is C12H7ClN2O4. The molecule has 0 radical (unpaired) electrons. The average molecular weight is 279 g/mol. The number of aromatic nitrogens is 1. The summed E-state index contributed by atoms with van der Waals surface area (Å²) in [4.78, 5) is 22.0. The van der Waals surface area contributed by atoms with Crippen molar-refractivity contribution < 1.29 is 19.2 Å². The number of nitrogens with one attached hydrogen (secondary N) is 1. The van der Waals surface area contributed by atoms with Crippen LogP contribution in [-0.4, -0.2) is 22.1 Å². The van der Waals surface area contributed by atoms with E-state index in [4.69, 9.17) is 16.7 Å². The molecule has 19 heavy (non-hydrogen) atoms. The molecule has 96 valence electrons. The zero-order valence-electron chi connectivity index (χ0n) is 9.44. The van der Waals surface area contributed by atoms with E-state index in [0.29, 0.717) is 22.0 Å². The minimum Gasteiger partial charge on any atom is -0.475 e. The van der Waals surface area contributed by atoms with E-state index in [0.717, 1.165) is 5.56 Å². The first kappa shape index (κ1) is 11.7. The van der Waals surface area contributed by atoms with Gasteiger partial charge in [-0.2, -0.15) is 0 Å². The third kappa shape index (κ3) is 1.96. The van der Waals surface area contributed by atoms with E-state index >= 15 is 0 Å². The maximum Gasteiger partial charge on any atom is 0.374 e. The quantitative estimate of drug-likeness (QED) is 0.878. The lowest BCUT2D eigenvalue weighted by Gasteiger charge is -2.04. The molecule has 1 aromatic heterocycles. The standard InChI is InChI=1S/C12H7ClN2O4/c13-7-2-5(1-6-3-10(16)14-11(6)7)8-4-9(12(17)18)19-15-8/h1-2,4H,3H2,(H,14,16)(H,17,18). The number of benzene rings is 1. The van der Waals surface area contributed by atoms with Crippen molar-refractivity contribution in [2.45, 2.75) is 6.42 Å². The molecule has 2 N–H and O–H groups in total. The zero-order chi connectivity index (χ0) is 13.6. The summed E-state index contributed by atoms with van der Waals surface area (Å²) in [6.07, 6.45) is 0.243. The van der Waals surface area contributed by atoms with E-state index in [9.17, 15) is 9.59 Å². The predicted molar refractivity (Wildman–Crippen MR) is 66.2 cm³/mol. The largest absolute Gasteiger partial charge is 0.475 e. The highest BCUT2D eigenvalue weighted by atomic mass is 35.5. The fourth-order valence-electron chi connectivity index (χ4n) is 1.96. The second-order valence-electron chi connectivity index (χ2n) is 4.10. The van der Waals surface area contributed by atoms with Gasteiger partial charge in [-0.25, -0.2) is 4.79 Å². The van der Waals surface area contributed by atoms with E-state index in [1.807, 2.05) is 0 Å². The summed E-state index contributed by atoms with van der Waals surface area (Å²) >= 11 is 6.07. The van der Waals surface area contributed by atoms with Gasteiger partial charge in [-0.3, -0.25) is 4.79 Å². The van der Waals surface area contributed by atoms with Gasteiger partial charge in [0, 0.05) is 11.6 Å². The molecule has 6 nitrogen and oxygen atoms in total. The Kier molecular flexibility index (Phi) is 2.53. The van der Waals surface area contributed by atoms with Crippen LogP contribution < -0.4 is 5.32 Å². The number of hydrogen-bond acceptors (Lipinski definition) is 4. The van der Waals surface area contributed by atoms with Gasteiger partial charge in [-0.1, -0.05) is 16.8 Å². The van der Waals surface area contributed by atoms with Crippen LogP contribution in [0.25, 0.3) is 11.3 Å². The van der Waals surface area contributed by atoms with Crippen LogP contribution in [0.1, 0.15) is 16.1 Å². The number of carbonyl (C=O) groups is 2. The van der Waals surface area contributed by atoms with Crippen LogP contribution >= 0.6 is 11.6 Å². The van der Waals surface area contributed by atoms with Crippen LogP contribution in [0.4, 0.5) is 5.69 Å². The minimum absolute atomic E-state index is 0.125. The maximum atomic E-state index is 11.3. The Bertz CT molecular complexity index is 708. The van der Waals surface area contributed by atoms with Gasteiger partial charge < -0.3 is 14.9 Å². The normalized spacial score (nSPS) is 13.2. The number of carbonyl (C=O) groups excluding carboxylic acids is 1. The van der Waals surface area contributed by atoms with E-state index < -0.39 is 5.97 Å². The number of fused-ring (bicyclic) bond motifs is 1. The summed E-state index contributed by atoms with van der Waals surface area (Å²) in [5, 5.41) is 15.5. The van der Waals surface area contributed by atoms with Crippen LogP contribution in [0, 0.1) is 0 Å². The SMILES string of the molecule is O=C1Cc2cc(-c3cc(C(=O)O)on3)cc(Cl)c2N1. The van der Waals surface area contributed by atoms with Gasteiger partial charge in [-0.05, 0) is 17.7 Å². The van der Waals surface area contributed by atoms with Gasteiger partial charge in [0.25, 0.3) is 0 Å². The lowest BCUT2D eigenvalue weighted by atomic mass is 10.1. The molecule has 2 heterocycles. The van der Waals surface area contributed by atoms with Gasteiger partial charge in [-0.15, -0.1) is 0 Å². The van der Waals surface area contributed by atoms with Gasteiger partial charge >= 0.3 is 5.97 Å². The van der Waals surface area contributed by atoms with E-state index in [2.05, 4.69) is 15.0 Å². The monoisotopic (exact) mass is 278 g/mol. The van der Waals surface area contributed by atoms with Crippen LogP contribution in [0.5, 0.6) is 0 Å². The van der Waals surface area contributed by atoms with Crippen molar-refractivity contribution in [3.8, 4) is 11.3 Å². The number of aromatic carboxylic acids is 1. The van der Waals surface area contributed by atoms with E-state index in [-0.39, 0.29) is 18.1 Å². The van der Waals surface area contributed by atoms with Crippen LogP contribution in [-0.2, 0) is 11.2 Å². The van der Waals surface area contributed by atoms with Crippen molar-refractivity contribution in [1.82, 2.24) is 5.16 Å². The lowest BCUT2D eigenvalue weighted by molar-refractivity contribution is -0.115. The molecule has 7 heteroatoms. The van der Waals surface area contributed by atoms with Crippen molar-refractivity contribution in [3.05, 3.63) is 34.5 Å². The number of nitrogens with zero attached hydrogens (tertiary/aromatic N) is 1. The Morgan fingerprint density at radius 2 is 2.21 bits per heavy atom. The maximum absolute atomic E-state index is 11.3. The van der Waals surface area contributed by atoms with Gasteiger partial charge in [0.15, 0.2) is 0 Å². The molecule has 0 fully saturated rings. The summed E-state index contributed by atoms with van der Waals surface area (Å²) in [5.74, 6) is -1.57. The number of hydrogen-bond donors (Lipinski definition) is 2. The highest BCUT2D eigenvalue weighted by Crippen LogP contribution is 2.35. The average Bonchev–Trinajstić information content (AvgIpc) is 2.94. The molecule has 0 aliphatic carbocycles. The van der Waals surface area contributed by atoms with Gasteiger partial charge in [0.2, 0.25) is 11.7 Å². The first-order valence-electron chi connectivity index (χ1n) is 5.37. The fourth-order valence-corrected chi connectivity index (χ4v) is 2.25. The Morgan fingerprint density at radius 1 is 1.42 bits per heavy atom. The predicted octanol–water partition coefficient (Wildman–Crippen LogP) is 2.19. The second-order valence-corrected chi connectivity index (χ2v) is 4.51. The van der Waals surface area contributed by atoms with Crippen molar-refractivity contribution in [3.63, 3.8) is 0 Å². The van der Waals surface area contributed by atoms with E-state index in [1.165, 1.54) is 6.07 Å². The van der Waals surface area contributed by atoms with Crippen molar-refractivity contribution in [2.24, 2.45) is 0 Å². The third-order valence-corrected chi connectivity index (χ3v) is 3.10. The number of rotatable bonds is 2. The van der Waals surface area contributed by atoms with Gasteiger partial charge in [0.05, 0.1) is 17.1 Å². The Morgan fingerprint density at radius 3 is 2.89 bits per heavy atom. The number of carboxylic acid groups (broad SMARTS) is 1. The molecule has 3 rings (SSSR count). The highest BCUT2D eigenvalue weighted by molar-refractivity contribution is 6.34. The van der Waals surface area contributed by atoms with E-state index in [1.54, 1.807) is 12.1 Å². The van der Waals surface area contributed by atoms with Crippen LogP contribution in [0.15, 0.2) is 22.7 Å². The second kappa shape index (κ2) is 4.10. The Hall–Kier alpha value is -2.34. The topological polar surface area (TPSA) is 92.4 Å². The molecular weight excluding hydrogens is 272 g/mol. The molecule has 0 atom stereocenters. The Balaban J connectivity index is 2.06. The summed E-state index contributed by atoms with van der Waals surface area (Å²) in [6.45, 7) is 0. The molecule has 0 spiro atoms. The summed E-state index contributed by atoms with van der Waals surface area (Å²) < 4.78 is 4.69. The first-order valence-corrected chi connectivity index (χ1v) is 5.75. The summed E-state index contributed by atoms with van der Waals surface area (Å²) in [7, 11) is 0. The summed E-state index contributed by atoms with van der Waals surface area (Å²) in [6, 6.07) is 4.66. The number of amides is 1. The zero-order valence-corrected chi connectivity index (χ0v) is 10.2. The molecule has 1 aliphatic rings. The summed E-state index contributed by atoms with van der Waals surface area (Å²) in [5.41, 5.74) is 2.32. The fraction of sp³-hybridized carbons (Fsp3) is 0.0833. The molecule has 1 amide bonds. The number of carboxylic acids is 1. The first-order chi connectivity index (χ1) is 9.04. The van der Waals surface area contributed by atoms with Crippen molar-refractivity contribution in [1.29, 1.82) is 0 Å². The molecule has 1 aromatic carbocycles. The molecule has 0 saturated carbocycles. The molecule has 2 aromatic rings. The smallest absolute Gasteiger partial charge is 0.374 e. The lowest BCUT2D eigenvalue weighted by Crippen LogP contribution is -2.03. The minimum atomic E-state index is -1.19. The molecule has 1 aliphatic heterocycles. The van der Waals surface area contributed by atoms with Crippen molar-refractivity contribution >= 4 is 29.2 Å². The highest BCUT2D eigenvalue weighted by Gasteiger charge is 2.22. The van der Waals surface area contributed by atoms with Crippen molar-refractivity contribution in [2.75, 3.05) is 5.32 Å². The molecule has 0 bridgehead atoms. The molecule has 0 unspecified atom stereocenters. The van der Waals surface area contributed by atoms with Gasteiger partial charge in [0.1, 0.15) is 5.69 Å². The Labute approximate surface area is 112 Å². The third-order valence-electron chi connectivity index (χ3n) is 2.80. The van der Waals surface area contributed by atoms with Crippen LogP contribution in [0.3, 0.4) is 0 Å². The molecule has 0 saturated heterocycles. The number of anilines is 1.